The van der Waals surface area contributed by atoms with Crippen LogP contribution >= 0.6 is 24.2 Å². The van der Waals surface area contributed by atoms with Gasteiger partial charge in [0.25, 0.3) is 0 Å². The highest BCUT2D eigenvalue weighted by atomic mass is 35.5. The maximum absolute atomic E-state index is 12.1. The summed E-state index contributed by atoms with van der Waals surface area (Å²) in [6.45, 7) is 9.00. The fourth-order valence-corrected chi connectivity index (χ4v) is 2.83. The predicted octanol–water partition coefficient (Wildman–Crippen LogP) is 1.74. The first kappa shape index (κ1) is 16.1. The van der Waals surface area contributed by atoms with Gasteiger partial charge in [-0.1, -0.05) is 13.8 Å². The summed E-state index contributed by atoms with van der Waals surface area (Å²) in [7, 11) is 0. The normalized spacial score (nSPS) is 29.2. The van der Waals surface area contributed by atoms with Crippen molar-refractivity contribution >= 4 is 30.1 Å². The number of rotatable bonds is 2. The topological polar surface area (TPSA) is 46.3 Å². The standard InChI is InChI=1S/C11H22N2OS.ClH/c1-7(8(2)12)11(14)13-5-6-15-10(4)9(13)3;/h7-10H,5-6,12H2,1-4H3;1H. The van der Waals surface area contributed by atoms with Crippen LogP contribution in [-0.2, 0) is 4.79 Å². The number of amides is 1. The first-order valence-corrected chi connectivity index (χ1v) is 6.67. The molecule has 1 fully saturated rings. The summed E-state index contributed by atoms with van der Waals surface area (Å²) >= 11 is 1.94. The van der Waals surface area contributed by atoms with Crippen molar-refractivity contribution in [3.05, 3.63) is 0 Å². The minimum absolute atomic E-state index is 0. The molecule has 3 nitrogen and oxygen atoms in total. The Kier molecular flexibility index (Phi) is 6.75. The molecule has 0 radical (unpaired) electrons. The van der Waals surface area contributed by atoms with Gasteiger partial charge >= 0.3 is 0 Å². The Morgan fingerprint density at radius 1 is 1.44 bits per heavy atom. The van der Waals surface area contributed by atoms with E-state index in [4.69, 9.17) is 5.73 Å². The minimum atomic E-state index is -0.0669. The van der Waals surface area contributed by atoms with Crippen molar-refractivity contribution in [2.45, 2.75) is 45.0 Å². The van der Waals surface area contributed by atoms with Crippen LogP contribution in [0.1, 0.15) is 27.7 Å². The summed E-state index contributed by atoms with van der Waals surface area (Å²) < 4.78 is 0. The number of nitrogens with two attached hydrogens (primary N) is 1. The van der Waals surface area contributed by atoms with Gasteiger partial charge in [-0.3, -0.25) is 4.79 Å². The van der Waals surface area contributed by atoms with E-state index in [9.17, 15) is 4.79 Å². The number of carbonyl (C=O) groups is 1. The van der Waals surface area contributed by atoms with E-state index in [0.717, 1.165) is 12.3 Å². The fourth-order valence-electron chi connectivity index (χ4n) is 1.73. The number of halogens is 1. The molecule has 0 aromatic carbocycles. The molecule has 1 amide bonds. The third-order valence-electron chi connectivity index (χ3n) is 3.35. The molecule has 0 saturated carbocycles. The molecule has 1 saturated heterocycles. The van der Waals surface area contributed by atoms with E-state index in [1.54, 1.807) is 0 Å². The molecule has 0 aromatic heterocycles. The highest BCUT2D eigenvalue weighted by Crippen LogP contribution is 2.25. The zero-order valence-corrected chi connectivity index (χ0v) is 12.1. The molecule has 5 heteroatoms. The van der Waals surface area contributed by atoms with E-state index in [1.165, 1.54) is 0 Å². The molecule has 1 rings (SSSR count). The Morgan fingerprint density at radius 2 is 2.00 bits per heavy atom. The molecule has 16 heavy (non-hydrogen) atoms. The average Bonchev–Trinajstić information content (AvgIpc) is 2.20. The first-order valence-electron chi connectivity index (χ1n) is 5.62. The lowest BCUT2D eigenvalue weighted by atomic mass is 10.0. The maximum Gasteiger partial charge on any atom is 0.227 e. The Labute approximate surface area is 109 Å². The van der Waals surface area contributed by atoms with Crippen LogP contribution in [0.25, 0.3) is 0 Å². The Bertz CT molecular complexity index is 238. The quantitative estimate of drug-likeness (QED) is 0.828. The van der Waals surface area contributed by atoms with Crippen LogP contribution < -0.4 is 5.73 Å². The molecule has 2 N–H and O–H groups in total. The van der Waals surface area contributed by atoms with Gasteiger partial charge in [-0.05, 0) is 13.8 Å². The molecule has 0 bridgehead atoms. The van der Waals surface area contributed by atoms with Crippen molar-refractivity contribution in [2.24, 2.45) is 11.7 Å². The molecule has 0 spiro atoms. The van der Waals surface area contributed by atoms with Crippen molar-refractivity contribution in [3.8, 4) is 0 Å². The van der Waals surface area contributed by atoms with Crippen LogP contribution in [-0.4, -0.2) is 40.4 Å². The lowest BCUT2D eigenvalue weighted by Crippen LogP contribution is -2.51. The molecular weight excluding hydrogens is 244 g/mol. The highest BCUT2D eigenvalue weighted by Gasteiger charge is 2.32. The van der Waals surface area contributed by atoms with Crippen molar-refractivity contribution in [1.29, 1.82) is 0 Å². The molecule has 1 aliphatic heterocycles. The average molecular weight is 267 g/mol. The zero-order chi connectivity index (χ0) is 11.6. The van der Waals surface area contributed by atoms with Gasteiger partial charge in [0.2, 0.25) is 5.91 Å². The first-order chi connectivity index (χ1) is 6.95. The molecule has 96 valence electrons. The van der Waals surface area contributed by atoms with Gasteiger partial charge in [0.1, 0.15) is 0 Å². The van der Waals surface area contributed by atoms with Crippen LogP contribution in [0.4, 0.5) is 0 Å². The van der Waals surface area contributed by atoms with Crippen molar-refractivity contribution in [3.63, 3.8) is 0 Å². The lowest BCUT2D eigenvalue weighted by Gasteiger charge is -2.39. The van der Waals surface area contributed by atoms with Crippen LogP contribution in [0.3, 0.4) is 0 Å². The number of hydrogen-bond acceptors (Lipinski definition) is 3. The van der Waals surface area contributed by atoms with E-state index < -0.39 is 0 Å². The van der Waals surface area contributed by atoms with Crippen molar-refractivity contribution < 1.29 is 4.79 Å². The Balaban J connectivity index is 0.00000225. The van der Waals surface area contributed by atoms with Crippen molar-refractivity contribution in [1.82, 2.24) is 4.90 Å². The summed E-state index contributed by atoms with van der Waals surface area (Å²) in [6, 6.07) is 0.270. The second-order valence-corrected chi connectivity index (χ2v) is 5.98. The van der Waals surface area contributed by atoms with Crippen LogP contribution in [0.15, 0.2) is 0 Å². The zero-order valence-electron chi connectivity index (χ0n) is 10.5. The fraction of sp³-hybridized carbons (Fsp3) is 0.909. The van der Waals surface area contributed by atoms with Gasteiger partial charge in [0, 0.05) is 29.6 Å². The molecular formula is C11H23ClN2OS. The van der Waals surface area contributed by atoms with E-state index in [0.29, 0.717) is 11.3 Å². The van der Waals surface area contributed by atoms with Crippen LogP contribution in [0.5, 0.6) is 0 Å². The summed E-state index contributed by atoms with van der Waals surface area (Å²) in [6.07, 6.45) is 0. The number of hydrogen-bond donors (Lipinski definition) is 1. The van der Waals surface area contributed by atoms with Crippen LogP contribution in [0.2, 0.25) is 0 Å². The predicted molar refractivity (Wildman–Crippen MR) is 73.2 cm³/mol. The number of thioether (sulfide) groups is 1. The largest absolute Gasteiger partial charge is 0.338 e. The molecule has 0 aromatic rings. The third kappa shape index (κ3) is 3.54. The SMILES string of the molecule is CC(N)C(C)C(=O)N1CCSC(C)C1C.Cl. The summed E-state index contributed by atoms with van der Waals surface area (Å²) in [5.41, 5.74) is 5.77. The number of carbonyl (C=O) groups excluding carboxylic acids is 1. The van der Waals surface area contributed by atoms with Crippen LogP contribution in [0, 0.1) is 5.92 Å². The van der Waals surface area contributed by atoms with Gasteiger partial charge in [-0.15, -0.1) is 12.4 Å². The molecule has 4 unspecified atom stereocenters. The Morgan fingerprint density at radius 3 is 2.50 bits per heavy atom. The van der Waals surface area contributed by atoms with E-state index in [1.807, 2.05) is 30.5 Å². The van der Waals surface area contributed by atoms with Gasteiger partial charge in [-0.25, -0.2) is 0 Å². The summed E-state index contributed by atoms with van der Waals surface area (Å²) in [5, 5.41) is 0.531. The van der Waals surface area contributed by atoms with Crippen molar-refractivity contribution in [2.75, 3.05) is 12.3 Å². The van der Waals surface area contributed by atoms with Gasteiger partial charge in [0.05, 0.1) is 5.92 Å². The number of nitrogens with zero attached hydrogens (tertiary/aromatic N) is 1. The summed E-state index contributed by atoms with van der Waals surface area (Å²) in [5.74, 6) is 1.19. The monoisotopic (exact) mass is 266 g/mol. The van der Waals surface area contributed by atoms with Gasteiger partial charge in [-0.2, -0.15) is 11.8 Å². The second kappa shape index (κ2) is 6.72. The molecule has 0 aliphatic carbocycles. The molecule has 1 heterocycles. The third-order valence-corrected chi connectivity index (χ3v) is 4.68. The molecule has 1 aliphatic rings. The second-order valence-electron chi connectivity index (χ2n) is 4.50. The van der Waals surface area contributed by atoms with E-state index in [-0.39, 0.29) is 30.3 Å². The maximum atomic E-state index is 12.1. The van der Waals surface area contributed by atoms with Gasteiger partial charge in [0.15, 0.2) is 0 Å². The minimum Gasteiger partial charge on any atom is -0.338 e. The lowest BCUT2D eigenvalue weighted by molar-refractivity contribution is -0.137. The van der Waals surface area contributed by atoms with E-state index in [2.05, 4.69) is 13.8 Å². The Hall–Kier alpha value is 0.0700. The van der Waals surface area contributed by atoms with Gasteiger partial charge < -0.3 is 10.6 Å². The highest BCUT2D eigenvalue weighted by molar-refractivity contribution is 8.00. The van der Waals surface area contributed by atoms with E-state index >= 15 is 0 Å². The smallest absolute Gasteiger partial charge is 0.227 e. The summed E-state index contributed by atoms with van der Waals surface area (Å²) in [4.78, 5) is 14.1. The molecule has 4 atom stereocenters.